The number of rotatable bonds is 16. The molecule has 1 aromatic rings. The summed E-state index contributed by atoms with van der Waals surface area (Å²) in [6.07, 6.45) is 17.4. The minimum absolute atomic E-state index is 0.155. The fourth-order valence-electron chi connectivity index (χ4n) is 3.10. The van der Waals surface area contributed by atoms with Crippen LogP contribution in [0.15, 0.2) is 24.3 Å². The van der Waals surface area contributed by atoms with Crippen LogP contribution in [0, 0.1) is 5.82 Å². The first-order valence-corrected chi connectivity index (χ1v) is 10.6. The van der Waals surface area contributed by atoms with Crippen LogP contribution in [0.2, 0.25) is 0 Å². The van der Waals surface area contributed by atoms with E-state index in [9.17, 15) is 9.18 Å². The average molecular weight is 365 g/mol. The van der Waals surface area contributed by atoms with Gasteiger partial charge >= 0.3 is 5.97 Å². The Labute approximate surface area is 159 Å². The molecule has 1 aromatic carbocycles. The molecule has 148 valence electrons. The van der Waals surface area contributed by atoms with Crippen molar-refractivity contribution in [2.45, 2.75) is 103 Å². The summed E-state index contributed by atoms with van der Waals surface area (Å²) in [5, 5.41) is 0. The van der Waals surface area contributed by atoms with Gasteiger partial charge in [-0.2, -0.15) is 0 Å². The lowest BCUT2D eigenvalue weighted by atomic mass is 10.0. The highest BCUT2D eigenvalue weighted by molar-refractivity contribution is 5.69. The van der Waals surface area contributed by atoms with Crippen LogP contribution in [-0.4, -0.2) is 5.97 Å². The number of esters is 1. The van der Waals surface area contributed by atoms with Gasteiger partial charge in [-0.3, -0.25) is 4.79 Å². The van der Waals surface area contributed by atoms with E-state index in [1.165, 1.54) is 82.8 Å². The van der Waals surface area contributed by atoms with Gasteiger partial charge in [0.2, 0.25) is 0 Å². The molecule has 26 heavy (non-hydrogen) atoms. The average Bonchev–Trinajstić information content (AvgIpc) is 2.65. The zero-order chi connectivity index (χ0) is 18.9. The summed E-state index contributed by atoms with van der Waals surface area (Å²) in [5.74, 6) is -0.426. The summed E-state index contributed by atoms with van der Waals surface area (Å²) >= 11 is 0. The van der Waals surface area contributed by atoms with Crippen molar-refractivity contribution in [3.05, 3.63) is 35.6 Å². The van der Waals surface area contributed by atoms with E-state index in [0.29, 0.717) is 6.42 Å². The van der Waals surface area contributed by atoms with E-state index in [0.717, 1.165) is 18.4 Å². The fraction of sp³-hybridized carbons (Fsp3) is 0.696. The predicted octanol–water partition coefficient (Wildman–Crippen LogP) is 7.35. The molecule has 0 unspecified atom stereocenters. The molecule has 0 aliphatic carbocycles. The third kappa shape index (κ3) is 12.9. The maximum absolute atomic E-state index is 12.8. The normalized spacial score (nSPS) is 10.8. The number of unbranched alkanes of at least 4 members (excludes halogenated alkanes) is 12. The number of carbonyl (C=O) groups is 1. The van der Waals surface area contributed by atoms with Gasteiger partial charge in [0.1, 0.15) is 12.4 Å². The number of benzene rings is 1. The Balaban J connectivity index is 1.83. The van der Waals surface area contributed by atoms with Gasteiger partial charge in [0.25, 0.3) is 0 Å². The molecule has 0 atom stereocenters. The van der Waals surface area contributed by atoms with Crippen molar-refractivity contribution in [1.82, 2.24) is 0 Å². The van der Waals surface area contributed by atoms with Crippen molar-refractivity contribution in [2.24, 2.45) is 0 Å². The fourth-order valence-corrected chi connectivity index (χ4v) is 3.10. The highest BCUT2D eigenvalue weighted by atomic mass is 19.1. The molecule has 0 amide bonds. The highest BCUT2D eigenvalue weighted by Crippen LogP contribution is 2.13. The largest absolute Gasteiger partial charge is 0.461 e. The minimum atomic E-state index is -0.271. The monoisotopic (exact) mass is 364 g/mol. The topological polar surface area (TPSA) is 26.3 Å². The SMILES string of the molecule is CCCCCCCCCCCCCCCC(=O)OCc1ccc(F)cc1. The first-order chi connectivity index (χ1) is 12.7. The van der Waals surface area contributed by atoms with Gasteiger partial charge in [-0.1, -0.05) is 96.1 Å². The number of halogens is 1. The smallest absolute Gasteiger partial charge is 0.306 e. The predicted molar refractivity (Wildman–Crippen MR) is 107 cm³/mol. The Hall–Kier alpha value is -1.38. The van der Waals surface area contributed by atoms with E-state index >= 15 is 0 Å². The Morgan fingerprint density at radius 3 is 1.73 bits per heavy atom. The Morgan fingerprint density at radius 1 is 0.769 bits per heavy atom. The molecular weight excluding hydrogens is 327 g/mol. The summed E-state index contributed by atoms with van der Waals surface area (Å²) in [7, 11) is 0. The first-order valence-electron chi connectivity index (χ1n) is 10.6. The first kappa shape index (κ1) is 22.7. The van der Waals surface area contributed by atoms with Gasteiger partial charge < -0.3 is 4.74 Å². The second-order valence-corrected chi connectivity index (χ2v) is 7.28. The second-order valence-electron chi connectivity index (χ2n) is 7.28. The molecule has 0 saturated carbocycles. The van der Waals surface area contributed by atoms with E-state index < -0.39 is 0 Å². The van der Waals surface area contributed by atoms with Crippen molar-refractivity contribution < 1.29 is 13.9 Å². The lowest BCUT2D eigenvalue weighted by molar-refractivity contribution is -0.145. The Morgan fingerprint density at radius 2 is 1.23 bits per heavy atom. The highest BCUT2D eigenvalue weighted by Gasteiger charge is 2.03. The minimum Gasteiger partial charge on any atom is -0.461 e. The van der Waals surface area contributed by atoms with Gasteiger partial charge in [-0.15, -0.1) is 0 Å². The Bertz CT molecular complexity index is 456. The molecule has 1 rings (SSSR count). The third-order valence-electron chi connectivity index (χ3n) is 4.80. The maximum Gasteiger partial charge on any atom is 0.306 e. The van der Waals surface area contributed by atoms with Crippen molar-refractivity contribution in [3.8, 4) is 0 Å². The quantitative estimate of drug-likeness (QED) is 0.226. The van der Waals surface area contributed by atoms with Gasteiger partial charge in [0.05, 0.1) is 0 Å². The van der Waals surface area contributed by atoms with Crippen molar-refractivity contribution in [2.75, 3.05) is 0 Å². The number of carbonyl (C=O) groups excluding carboxylic acids is 1. The molecule has 0 bridgehead atoms. The van der Waals surface area contributed by atoms with Crippen LogP contribution in [0.25, 0.3) is 0 Å². The second kappa shape index (κ2) is 15.8. The van der Waals surface area contributed by atoms with Gasteiger partial charge in [-0.25, -0.2) is 4.39 Å². The third-order valence-corrected chi connectivity index (χ3v) is 4.80. The van der Waals surface area contributed by atoms with Crippen molar-refractivity contribution in [3.63, 3.8) is 0 Å². The van der Waals surface area contributed by atoms with Crippen LogP contribution in [0.5, 0.6) is 0 Å². The summed E-state index contributed by atoms with van der Waals surface area (Å²) in [4.78, 5) is 11.7. The van der Waals surface area contributed by atoms with Gasteiger partial charge in [0, 0.05) is 6.42 Å². The number of hydrogen-bond acceptors (Lipinski definition) is 2. The van der Waals surface area contributed by atoms with Crippen LogP contribution >= 0.6 is 0 Å². The molecule has 0 aliphatic heterocycles. The summed E-state index contributed by atoms with van der Waals surface area (Å²) in [6, 6.07) is 6.06. The van der Waals surface area contributed by atoms with Gasteiger partial charge in [0.15, 0.2) is 0 Å². The lowest BCUT2D eigenvalue weighted by Crippen LogP contribution is -2.04. The molecule has 0 saturated heterocycles. The van der Waals surface area contributed by atoms with E-state index in [4.69, 9.17) is 4.74 Å². The molecule has 0 fully saturated rings. The van der Waals surface area contributed by atoms with Crippen LogP contribution in [0.3, 0.4) is 0 Å². The molecule has 3 heteroatoms. The summed E-state index contributed by atoms with van der Waals surface area (Å²) < 4.78 is 18.0. The van der Waals surface area contributed by atoms with E-state index in [-0.39, 0.29) is 18.4 Å². The zero-order valence-electron chi connectivity index (χ0n) is 16.6. The van der Waals surface area contributed by atoms with Crippen molar-refractivity contribution >= 4 is 5.97 Å². The lowest BCUT2D eigenvalue weighted by Gasteiger charge is -2.05. The maximum atomic E-state index is 12.8. The molecular formula is C23H37FO2. The molecule has 0 N–H and O–H groups in total. The zero-order valence-corrected chi connectivity index (χ0v) is 16.6. The van der Waals surface area contributed by atoms with Crippen LogP contribution in [0.1, 0.15) is 102 Å². The van der Waals surface area contributed by atoms with Gasteiger partial charge in [-0.05, 0) is 24.1 Å². The molecule has 2 nitrogen and oxygen atoms in total. The Kier molecular flexibility index (Phi) is 13.8. The van der Waals surface area contributed by atoms with Crippen LogP contribution in [0.4, 0.5) is 4.39 Å². The summed E-state index contributed by atoms with van der Waals surface area (Å²) in [5.41, 5.74) is 0.824. The number of ether oxygens (including phenoxy) is 1. The van der Waals surface area contributed by atoms with Crippen molar-refractivity contribution in [1.29, 1.82) is 0 Å². The van der Waals surface area contributed by atoms with E-state index in [1.807, 2.05) is 0 Å². The van der Waals surface area contributed by atoms with E-state index in [2.05, 4.69) is 6.92 Å². The van der Waals surface area contributed by atoms with Crippen LogP contribution < -0.4 is 0 Å². The molecule has 0 heterocycles. The standard InChI is InChI=1S/C23H37FO2/c1-2-3-4-5-6-7-8-9-10-11-12-13-14-15-23(25)26-20-21-16-18-22(24)19-17-21/h16-19H,2-15,20H2,1H3. The molecule has 0 spiro atoms. The van der Waals surface area contributed by atoms with Crippen LogP contribution in [-0.2, 0) is 16.1 Å². The van der Waals surface area contributed by atoms with E-state index in [1.54, 1.807) is 12.1 Å². The molecule has 0 radical (unpaired) electrons. The molecule has 0 aromatic heterocycles. The summed E-state index contributed by atoms with van der Waals surface area (Å²) in [6.45, 7) is 2.49. The number of hydrogen-bond donors (Lipinski definition) is 0. The molecule has 0 aliphatic rings.